The van der Waals surface area contributed by atoms with E-state index in [0.29, 0.717) is 12.1 Å². The molecule has 1 rings (SSSR count). The van der Waals surface area contributed by atoms with Crippen molar-refractivity contribution in [3.05, 3.63) is 23.3 Å². The first-order valence-corrected chi connectivity index (χ1v) is 3.38. The van der Waals surface area contributed by atoms with Crippen LogP contribution in [0.1, 0.15) is 20.7 Å². The molecule has 0 heterocycles. The van der Waals surface area contributed by atoms with Gasteiger partial charge in [-0.15, -0.1) is 0 Å². The summed E-state index contributed by atoms with van der Waals surface area (Å²) in [5.74, 6) is -5.83. The van der Waals surface area contributed by atoms with Gasteiger partial charge in [0, 0.05) is 0 Å². The van der Waals surface area contributed by atoms with E-state index in [1.54, 1.807) is 0 Å². The number of carbonyl (C=O) groups excluding carboxylic acids is 2. The van der Waals surface area contributed by atoms with Gasteiger partial charge in [-0.2, -0.15) is 0 Å². The maximum absolute atomic E-state index is 10.9. The largest absolute Gasteiger partial charge is 2.00 e. The quantitative estimate of drug-likeness (QED) is 0.475. The molecule has 8 nitrogen and oxygen atoms in total. The van der Waals surface area contributed by atoms with Gasteiger partial charge < -0.3 is 41.0 Å². The fourth-order valence-electron chi connectivity index (χ4n) is 0.879. The van der Waals surface area contributed by atoms with Crippen LogP contribution in [-0.4, -0.2) is 22.9 Å². The van der Waals surface area contributed by atoms with Gasteiger partial charge in [0.05, 0.1) is 11.9 Å². The van der Waals surface area contributed by atoms with Gasteiger partial charge in [-0.25, -0.2) is 0 Å². The second-order valence-electron chi connectivity index (χ2n) is 2.42. The van der Waals surface area contributed by atoms with Gasteiger partial charge in [0.15, 0.2) is 0 Å². The van der Waals surface area contributed by atoms with Crippen LogP contribution >= 0.6 is 0 Å². The van der Waals surface area contributed by atoms with Crippen LogP contribution < -0.4 is 20.4 Å². The summed E-state index contributed by atoms with van der Waals surface area (Å²) in [6.45, 7) is 0. The SMILES string of the molecule is O.O.O=C([O-])c1cc([O-])c(C(=O)[O-])cc1[O-].[Cu+2].[Cu+2]. The first-order chi connectivity index (χ1) is 6.43. The summed E-state index contributed by atoms with van der Waals surface area (Å²) in [4.78, 5) is 20.5. The molecule has 10 heteroatoms. The van der Waals surface area contributed by atoms with Crippen molar-refractivity contribution < 1.29 is 75.1 Å². The number of carboxylic acids is 2. The molecular weight excluding hydrogens is 351 g/mol. The smallest absolute Gasteiger partial charge is 0.872 e. The number of hydrogen-bond donors (Lipinski definition) is 0. The van der Waals surface area contributed by atoms with Crippen LogP contribution in [-0.2, 0) is 34.1 Å². The standard InChI is InChI=1S/C8H6O6.2Cu.2H2O/c9-5-1-3(7(11)12)6(10)2-4(5)8(13)14;;;;/h1-2,9-10H,(H,11,12)(H,13,14);;;2*1H2/q;2*+2;;/p-4. The Hall–Kier alpha value is -1.28. The van der Waals surface area contributed by atoms with Gasteiger partial charge >= 0.3 is 34.1 Å². The van der Waals surface area contributed by atoms with E-state index < -0.39 is 34.6 Å². The predicted octanol–water partition coefficient (Wildman–Crippen LogP) is -5.09. The van der Waals surface area contributed by atoms with Gasteiger partial charge in [0.1, 0.15) is 0 Å². The molecule has 0 aromatic heterocycles. The molecule has 1 aromatic rings. The number of carbonyl (C=O) groups is 2. The van der Waals surface area contributed by atoms with Crippen LogP contribution in [0.3, 0.4) is 0 Å². The van der Waals surface area contributed by atoms with E-state index in [0.717, 1.165) is 0 Å². The van der Waals surface area contributed by atoms with Crippen molar-refractivity contribution in [1.82, 2.24) is 0 Å². The van der Waals surface area contributed by atoms with Crippen molar-refractivity contribution in [1.29, 1.82) is 0 Å². The molecule has 0 bridgehead atoms. The normalized spacial score (nSPS) is 7.56. The first-order valence-electron chi connectivity index (χ1n) is 3.38. The van der Waals surface area contributed by atoms with Crippen molar-refractivity contribution in [2.75, 3.05) is 0 Å². The van der Waals surface area contributed by atoms with Crippen LogP contribution in [0, 0.1) is 0 Å². The van der Waals surface area contributed by atoms with Crippen LogP contribution in [0.4, 0.5) is 0 Å². The van der Waals surface area contributed by atoms with Crippen LogP contribution in [0.25, 0.3) is 0 Å². The average Bonchev–Trinajstić information content (AvgIpc) is 2.07. The van der Waals surface area contributed by atoms with Crippen LogP contribution in [0.5, 0.6) is 11.5 Å². The predicted molar refractivity (Wildman–Crippen MR) is 41.2 cm³/mol. The van der Waals surface area contributed by atoms with E-state index >= 15 is 0 Å². The molecule has 108 valence electrons. The molecule has 4 N–H and O–H groups in total. The third-order valence-corrected chi connectivity index (χ3v) is 1.52. The molecule has 18 heavy (non-hydrogen) atoms. The summed E-state index contributed by atoms with van der Waals surface area (Å²) >= 11 is 0. The summed E-state index contributed by atoms with van der Waals surface area (Å²) in [5, 5.41) is 42.3. The van der Waals surface area contributed by atoms with E-state index in [1.165, 1.54) is 0 Å². The van der Waals surface area contributed by atoms with Crippen molar-refractivity contribution in [3.8, 4) is 11.5 Å². The van der Waals surface area contributed by atoms with Crippen molar-refractivity contribution in [3.63, 3.8) is 0 Å². The minimum atomic E-state index is -1.82. The molecule has 0 aliphatic heterocycles. The minimum absolute atomic E-state index is 0. The second-order valence-corrected chi connectivity index (χ2v) is 2.42. The number of aromatic carboxylic acids is 2. The zero-order valence-corrected chi connectivity index (χ0v) is 10.1. The fourth-order valence-corrected chi connectivity index (χ4v) is 0.879. The summed E-state index contributed by atoms with van der Waals surface area (Å²) in [6, 6.07) is 0.811. The van der Waals surface area contributed by atoms with E-state index in [9.17, 15) is 30.0 Å². The Balaban J connectivity index is -0.000000245. The van der Waals surface area contributed by atoms with Crippen molar-refractivity contribution in [2.45, 2.75) is 0 Å². The van der Waals surface area contributed by atoms with Crippen LogP contribution in [0.15, 0.2) is 12.1 Å². The molecule has 2 radical (unpaired) electrons. The Bertz CT molecular complexity index is 380. The Morgan fingerprint density at radius 1 is 0.778 bits per heavy atom. The summed E-state index contributed by atoms with van der Waals surface area (Å²) < 4.78 is 0. The van der Waals surface area contributed by atoms with Gasteiger partial charge in [0.25, 0.3) is 0 Å². The van der Waals surface area contributed by atoms with Gasteiger partial charge in [-0.1, -0.05) is 23.6 Å². The third kappa shape index (κ3) is 5.37. The van der Waals surface area contributed by atoms with Crippen LogP contribution in [0.2, 0.25) is 0 Å². The molecule has 0 spiro atoms. The minimum Gasteiger partial charge on any atom is -0.872 e. The molecular formula is C8H6Cu2O8. The summed E-state index contributed by atoms with van der Waals surface area (Å²) in [6.07, 6.45) is 0. The summed E-state index contributed by atoms with van der Waals surface area (Å²) in [5.41, 5.74) is -1.72. The molecule has 0 fully saturated rings. The Labute approximate surface area is 122 Å². The number of benzene rings is 1. The molecule has 0 unspecified atom stereocenters. The molecule has 0 amide bonds. The van der Waals surface area contributed by atoms with E-state index in [4.69, 9.17) is 0 Å². The third-order valence-electron chi connectivity index (χ3n) is 1.52. The second kappa shape index (κ2) is 9.72. The van der Waals surface area contributed by atoms with Gasteiger partial charge in [0.2, 0.25) is 0 Å². The number of hydrogen-bond acceptors (Lipinski definition) is 6. The Kier molecular flexibility index (Phi) is 13.8. The first kappa shape index (κ1) is 25.5. The monoisotopic (exact) mass is 356 g/mol. The maximum Gasteiger partial charge on any atom is 2.00 e. The maximum atomic E-state index is 10.9. The molecule has 0 aliphatic carbocycles. The molecule has 0 atom stereocenters. The number of rotatable bonds is 2. The Morgan fingerprint density at radius 2 is 1.00 bits per heavy atom. The fraction of sp³-hybridized carbons (Fsp3) is 0. The zero-order chi connectivity index (χ0) is 10.9. The Morgan fingerprint density at radius 3 is 1.17 bits per heavy atom. The topological polar surface area (TPSA) is 189 Å². The van der Waals surface area contributed by atoms with Gasteiger partial charge in [-0.3, -0.25) is 0 Å². The average molecular weight is 357 g/mol. The molecule has 0 aliphatic rings. The number of carboxylic acid groups (broad SMARTS) is 2. The molecule has 0 saturated carbocycles. The van der Waals surface area contributed by atoms with Crippen molar-refractivity contribution >= 4 is 11.9 Å². The van der Waals surface area contributed by atoms with E-state index in [-0.39, 0.29) is 45.1 Å². The summed E-state index contributed by atoms with van der Waals surface area (Å²) in [7, 11) is 0. The zero-order valence-electron chi connectivity index (χ0n) is 8.21. The van der Waals surface area contributed by atoms with Crippen molar-refractivity contribution in [2.24, 2.45) is 0 Å². The van der Waals surface area contributed by atoms with E-state index in [2.05, 4.69) is 0 Å². The van der Waals surface area contributed by atoms with Gasteiger partial charge in [-0.05, 0) is 11.1 Å². The van der Waals surface area contributed by atoms with E-state index in [1.807, 2.05) is 0 Å². The molecule has 0 saturated heterocycles. The molecule has 1 aromatic carbocycles.